The van der Waals surface area contributed by atoms with Crippen LogP contribution < -0.4 is 0 Å². The predicted octanol–water partition coefficient (Wildman–Crippen LogP) is 3.43. The van der Waals surface area contributed by atoms with Gasteiger partial charge in [0.1, 0.15) is 0 Å². The summed E-state index contributed by atoms with van der Waals surface area (Å²) in [7, 11) is 0. The van der Waals surface area contributed by atoms with Gasteiger partial charge in [-0.3, -0.25) is 9.59 Å². The summed E-state index contributed by atoms with van der Waals surface area (Å²) in [5.41, 5.74) is 0.437. The minimum atomic E-state index is -0.927. The predicted molar refractivity (Wildman–Crippen MR) is 77.6 cm³/mol. The van der Waals surface area contributed by atoms with Gasteiger partial charge in [-0.05, 0) is 48.0 Å². The molecule has 0 aliphatic heterocycles. The highest BCUT2D eigenvalue weighted by atomic mass is 79.9. The smallest absolute Gasteiger partial charge is 0.305 e. The molecule has 0 bridgehead atoms. The zero-order valence-corrected chi connectivity index (χ0v) is 13.0. The Hall–Kier alpha value is -1.07. The summed E-state index contributed by atoms with van der Waals surface area (Å²) >= 11 is 9.19. The van der Waals surface area contributed by atoms with Crippen molar-refractivity contribution < 1.29 is 14.7 Å². The van der Waals surface area contributed by atoms with E-state index in [0.717, 1.165) is 0 Å². The molecule has 0 heterocycles. The van der Waals surface area contributed by atoms with Crippen molar-refractivity contribution in [3.8, 4) is 0 Å². The maximum Gasteiger partial charge on any atom is 0.305 e. The van der Waals surface area contributed by atoms with E-state index in [1.807, 2.05) is 13.8 Å². The number of hydrogen-bond donors (Lipinski definition) is 1. The number of aliphatic carboxylic acids is 1. The highest BCUT2D eigenvalue weighted by molar-refractivity contribution is 9.10. The SMILES string of the molecule is CC(C)N(CCC(=O)O)C(=O)c1cc(Cl)ccc1Br. The van der Waals surface area contributed by atoms with Crippen LogP contribution in [0.5, 0.6) is 0 Å². The molecule has 0 fully saturated rings. The van der Waals surface area contributed by atoms with Crippen LogP contribution in [0.3, 0.4) is 0 Å². The van der Waals surface area contributed by atoms with E-state index in [9.17, 15) is 9.59 Å². The van der Waals surface area contributed by atoms with Crippen molar-refractivity contribution in [1.82, 2.24) is 4.90 Å². The Bertz CT molecular complexity index is 491. The topological polar surface area (TPSA) is 57.6 Å². The van der Waals surface area contributed by atoms with Crippen molar-refractivity contribution in [3.63, 3.8) is 0 Å². The molecule has 1 aromatic carbocycles. The van der Waals surface area contributed by atoms with Gasteiger partial charge in [-0.1, -0.05) is 11.6 Å². The number of rotatable bonds is 5. The van der Waals surface area contributed by atoms with Crippen LogP contribution >= 0.6 is 27.5 Å². The fourth-order valence-electron chi connectivity index (χ4n) is 1.63. The number of carboxylic acids is 1. The summed E-state index contributed by atoms with van der Waals surface area (Å²) in [6, 6.07) is 4.87. The highest BCUT2D eigenvalue weighted by Gasteiger charge is 2.21. The van der Waals surface area contributed by atoms with E-state index in [2.05, 4.69) is 15.9 Å². The van der Waals surface area contributed by atoms with Gasteiger partial charge < -0.3 is 10.0 Å². The lowest BCUT2D eigenvalue weighted by Gasteiger charge is -2.26. The van der Waals surface area contributed by atoms with E-state index >= 15 is 0 Å². The molecule has 4 nitrogen and oxygen atoms in total. The molecule has 0 atom stereocenters. The largest absolute Gasteiger partial charge is 0.481 e. The molecule has 0 aliphatic rings. The van der Waals surface area contributed by atoms with Crippen LogP contribution in [0.25, 0.3) is 0 Å². The van der Waals surface area contributed by atoms with Crippen molar-refractivity contribution in [3.05, 3.63) is 33.3 Å². The first kappa shape index (κ1) is 16.0. The normalized spacial score (nSPS) is 10.6. The van der Waals surface area contributed by atoms with Crippen LogP contribution in [-0.2, 0) is 4.79 Å². The monoisotopic (exact) mass is 347 g/mol. The molecule has 6 heteroatoms. The van der Waals surface area contributed by atoms with Crippen LogP contribution in [-0.4, -0.2) is 34.5 Å². The van der Waals surface area contributed by atoms with E-state index in [0.29, 0.717) is 15.1 Å². The van der Waals surface area contributed by atoms with Crippen LogP contribution in [0.15, 0.2) is 22.7 Å². The summed E-state index contributed by atoms with van der Waals surface area (Å²) in [5.74, 6) is -1.16. The molecule has 0 aromatic heterocycles. The number of halogens is 2. The average Bonchev–Trinajstić information content (AvgIpc) is 2.31. The zero-order valence-electron chi connectivity index (χ0n) is 10.7. The number of carboxylic acid groups (broad SMARTS) is 1. The first-order chi connectivity index (χ1) is 8.82. The molecule has 1 aromatic rings. The van der Waals surface area contributed by atoms with Crippen LogP contribution in [0.4, 0.5) is 0 Å². The minimum absolute atomic E-state index is 0.0812. The zero-order chi connectivity index (χ0) is 14.6. The van der Waals surface area contributed by atoms with Crippen molar-refractivity contribution in [2.24, 2.45) is 0 Å². The first-order valence-corrected chi connectivity index (χ1v) is 6.98. The molecule has 1 rings (SSSR count). The summed E-state index contributed by atoms with van der Waals surface area (Å²) in [6.07, 6.45) is -0.0812. The highest BCUT2D eigenvalue weighted by Crippen LogP contribution is 2.23. The Morgan fingerprint density at radius 3 is 2.58 bits per heavy atom. The van der Waals surface area contributed by atoms with E-state index in [-0.39, 0.29) is 24.9 Å². The molecule has 104 valence electrons. The Kier molecular flexibility index (Phi) is 5.82. The number of nitrogens with zero attached hydrogens (tertiary/aromatic N) is 1. The van der Waals surface area contributed by atoms with Gasteiger partial charge in [0.2, 0.25) is 0 Å². The van der Waals surface area contributed by atoms with Crippen LogP contribution in [0.1, 0.15) is 30.6 Å². The summed E-state index contributed by atoms with van der Waals surface area (Å²) in [6.45, 7) is 3.86. The van der Waals surface area contributed by atoms with Gasteiger partial charge >= 0.3 is 5.97 Å². The number of hydrogen-bond acceptors (Lipinski definition) is 2. The van der Waals surface area contributed by atoms with Gasteiger partial charge in [-0.2, -0.15) is 0 Å². The molecule has 0 saturated carbocycles. The summed E-state index contributed by atoms with van der Waals surface area (Å²) in [4.78, 5) is 24.6. The molecule has 0 radical (unpaired) electrons. The standard InChI is InChI=1S/C13H15BrClNO3/c1-8(2)16(6-5-12(17)18)13(19)10-7-9(15)3-4-11(10)14/h3-4,7-8H,5-6H2,1-2H3,(H,17,18). The third-order valence-corrected chi connectivity index (χ3v) is 3.54. The molecule has 1 N–H and O–H groups in total. The Labute approximate surface area is 125 Å². The number of carbonyl (C=O) groups excluding carboxylic acids is 1. The molecule has 0 saturated heterocycles. The van der Waals surface area contributed by atoms with Crippen molar-refractivity contribution in [2.45, 2.75) is 26.3 Å². The summed E-state index contributed by atoms with van der Waals surface area (Å²) in [5, 5.41) is 9.19. The molecular formula is C13H15BrClNO3. The van der Waals surface area contributed by atoms with E-state index < -0.39 is 5.97 Å². The maximum atomic E-state index is 12.4. The average molecular weight is 349 g/mol. The Morgan fingerprint density at radius 2 is 2.05 bits per heavy atom. The van der Waals surface area contributed by atoms with Crippen molar-refractivity contribution >= 4 is 39.4 Å². The lowest BCUT2D eigenvalue weighted by atomic mass is 10.1. The van der Waals surface area contributed by atoms with Crippen molar-refractivity contribution in [1.29, 1.82) is 0 Å². The van der Waals surface area contributed by atoms with E-state index in [1.165, 1.54) is 4.90 Å². The molecule has 0 spiro atoms. The van der Waals surface area contributed by atoms with Gasteiger partial charge in [0, 0.05) is 22.1 Å². The van der Waals surface area contributed by atoms with Crippen LogP contribution in [0, 0.1) is 0 Å². The number of amides is 1. The molecule has 1 amide bonds. The molecule has 0 aliphatic carbocycles. The lowest BCUT2D eigenvalue weighted by Crippen LogP contribution is -2.38. The molecule has 19 heavy (non-hydrogen) atoms. The number of carbonyl (C=O) groups is 2. The number of benzene rings is 1. The third-order valence-electron chi connectivity index (χ3n) is 2.61. The first-order valence-electron chi connectivity index (χ1n) is 5.80. The molecule has 0 unspecified atom stereocenters. The second-order valence-electron chi connectivity index (χ2n) is 4.36. The third kappa shape index (κ3) is 4.51. The second kappa shape index (κ2) is 6.91. The van der Waals surface area contributed by atoms with Gasteiger partial charge in [-0.15, -0.1) is 0 Å². The quantitative estimate of drug-likeness (QED) is 0.887. The van der Waals surface area contributed by atoms with Gasteiger partial charge in [0.15, 0.2) is 0 Å². The Morgan fingerprint density at radius 1 is 1.42 bits per heavy atom. The van der Waals surface area contributed by atoms with Crippen LogP contribution in [0.2, 0.25) is 5.02 Å². The van der Waals surface area contributed by atoms with Gasteiger partial charge in [-0.25, -0.2) is 0 Å². The fraction of sp³-hybridized carbons (Fsp3) is 0.385. The summed E-state index contributed by atoms with van der Waals surface area (Å²) < 4.78 is 0.642. The molecular weight excluding hydrogens is 334 g/mol. The Balaban J connectivity index is 2.99. The lowest BCUT2D eigenvalue weighted by molar-refractivity contribution is -0.137. The second-order valence-corrected chi connectivity index (χ2v) is 5.65. The maximum absolute atomic E-state index is 12.4. The van der Waals surface area contributed by atoms with E-state index in [1.54, 1.807) is 18.2 Å². The van der Waals surface area contributed by atoms with Crippen molar-refractivity contribution in [2.75, 3.05) is 6.54 Å². The minimum Gasteiger partial charge on any atom is -0.481 e. The van der Waals surface area contributed by atoms with Gasteiger partial charge in [0.05, 0.1) is 12.0 Å². The van der Waals surface area contributed by atoms with E-state index in [4.69, 9.17) is 16.7 Å². The fourth-order valence-corrected chi connectivity index (χ4v) is 2.21. The van der Waals surface area contributed by atoms with Gasteiger partial charge in [0.25, 0.3) is 5.91 Å².